The van der Waals surface area contributed by atoms with Crippen molar-refractivity contribution in [3.63, 3.8) is 0 Å². The maximum absolute atomic E-state index is 5.60. The maximum atomic E-state index is 5.60. The molecule has 4 nitrogen and oxygen atoms in total. The number of aryl methyl sites for hydroxylation is 1. The lowest BCUT2D eigenvalue weighted by atomic mass is 10.3. The number of ether oxygens (including phenoxy) is 1. The van der Waals surface area contributed by atoms with E-state index in [1.807, 2.05) is 24.3 Å². The third kappa shape index (κ3) is 2.78. The Morgan fingerprint density at radius 2 is 2.12 bits per heavy atom. The number of anilines is 1. The summed E-state index contributed by atoms with van der Waals surface area (Å²) in [6.45, 7) is 2.70. The lowest BCUT2D eigenvalue weighted by Gasteiger charge is -2.08. The molecule has 0 aliphatic carbocycles. The van der Waals surface area contributed by atoms with Crippen LogP contribution in [0.5, 0.6) is 5.88 Å². The van der Waals surface area contributed by atoms with Gasteiger partial charge in [-0.05, 0) is 24.3 Å². The Labute approximate surface area is 101 Å². The minimum atomic E-state index is 0.592. The van der Waals surface area contributed by atoms with E-state index in [4.69, 9.17) is 9.15 Å². The highest BCUT2D eigenvalue weighted by atomic mass is 16.5. The molecule has 2 heterocycles. The van der Waals surface area contributed by atoms with Gasteiger partial charge in [0.15, 0.2) is 0 Å². The summed E-state index contributed by atoms with van der Waals surface area (Å²) >= 11 is 0. The fourth-order valence-corrected chi connectivity index (χ4v) is 1.58. The average Bonchev–Trinajstić information content (AvgIpc) is 2.84. The van der Waals surface area contributed by atoms with E-state index in [0.717, 1.165) is 23.6 Å². The lowest BCUT2D eigenvalue weighted by Crippen LogP contribution is -2.01. The molecule has 0 aliphatic heterocycles. The Morgan fingerprint density at radius 1 is 1.29 bits per heavy atom. The Balaban J connectivity index is 2.01. The lowest BCUT2D eigenvalue weighted by molar-refractivity contribution is 0.399. The van der Waals surface area contributed by atoms with Gasteiger partial charge >= 0.3 is 0 Å². The first kappa shape index (κ1) is 11.5. The van der Waals surface area contributed by atoms with Crippen LogP contribution in [0.15, 0.2) is 34.9 Å². The van der Waals surface area contributed by atoms with Gasteiger partial charge in [0.1, 0.15) is 11.5 Å². The SMILES string of the molecule is CCc1ccc(CNc2cccnc2OC)o1. The van der Waals surface area contributed by atoms with E-state index in [-0.39, 0.29) is 0 Å². The molecule has 0 radical (unpaired) electrons. The summed E-state index contributed by atoms with van der Waals surface area (Å²) in [5.41, 5.74) is 0.865. The third-order valence-corrected chi connectivity index (χ3v) is 2.48. The van der Waals surface area contributed by atoms with Gasteiger partial charge in [-0.1, -0.05) is 6.92 Å². The fourth-order valence-electron chi connectivity index (χ4n) is 1.58. The first-order valence-electron chi connectivity index (χ1n) is 5.64. The van der Waals surface area contributed by atoms with E-state index in [1.165, 1.54) is 0 Å². The first-order chi connectivity index (χ1) is 8.33. The van der Waals surface area contributed by atoms with E-state index in [1.54, 1.807) is 13.3 Å². The van der Waals surface area contributed by atoms with Crippen LogP contribution in [0.25, 0.3) is 0 Å². The Morgan fingerprint density at radius 3 is 2.82 bits per heavy atom. The van der Waals surface area contributed by atoms with Crippen molar-refractivity contribution in [3.8, 4) is 5.88 Å². The summed E-state index contributed by atoms with van der Waals surface area (Å²) in [7, 11) is 1.61. The summed E-state index contributed by atoms with van der Waals surface area (Å²) in [5, 5.41) is 3.24. The van der Waals surface area contributed by atoms with Gasteiger partial charge in [-0.3, -0.25) is 0 Å². The summed E-state index contributed by atoms with van der Waals surface area (Å²) in [5.74, 6) is 2.50. The molecule has 2 aromatic heterocycles. The van der Waals surface area contributed by atoms with Crippen molar-refractivity contribution in [2.24, 2.45) is 0 Å². The number of pyridine rings is 1. The third-order valence-electron chi connectivity index (χ3n) is 2.48. The topological polar surface area (TPSA) is 47.3 Å². The predicted octanol–water partition coefficient (Wildman–Crippen LogP) is 2.86. The average molecular weight is 232 g/mol. The zero-order valence-electron chi connectivity index (χ0n) is 10.1. The van der Waals surface area contributed by atoms with Gasteiger partial charge in [0.25, 0.3) is 0 Å². The normalized spacial score (nSPS) is 10.2. The molecule has 4 heteroatoms. The van der Waals surface area contributed by atoms with E-state index in [9.17, 15) is 0 Å². The number of hydrogen-bond donors (Lipinski definition) is 1. The van der Waals surface area contributed by atoms with E-state index in [2.05, 4.69) is 17.2 Å². The van der Waals surface area contributed by atoms with Gasteiger partial charge in [0.05, 0.1) is 19.3 Å². The Bertz CT molecular complexity index is 480. The van der Waals surface area contributed by atoms with Crippen LogP contribution in [0.2, 0.25) is 0 Å². The van der Waals surface area contributed by atoms with Crippen LogP contribution in [0, 0.1) is 0 Å². The fraction of sp³-hybridized carbons (Fsp3) is 0.308. The zero-order chi connectivity index (χ0) is 12.1. The predicted molar refractivity (Wildman–Crippen MR) is 66.2 cm³/mol. The van der Waals surface area contributed by atoms with Crippen molar-refractivity contribution in [2.75, 3.05) is 12.4 Å². The highest BCUT2D eigenvalue weighted by molar-refractivity contribution is 5.51. The molecule has 2 rings (SSSR count). The maximum Gasteiger partial charge on any atom is 0.237 e. The van der Waals surface area contributed by atoms with Crippen molar-refractivity contribution in [2.45, 2.75) is 19.9 Å². The van der Waals surface area contributed by atoms with Crippen LogP contribution in [0.3, 0.4) is 0 Å². The molecule has 0 unspecified atom stereocenters. The smallest absolute Gasteiger partial charge is 0.237 e. The van der Waals surface area contributed by atoms with Gasteiger partial charge in [0.2, 0.25) is 5.88 Å². The molecule has 0 atom stereocenters. The van der Waals surface area contributed by atoms with Crippen LogP contribution in [-0.4, -0.2) is 12.1 Å². The van der Waals surface area contributed by atoms with Crippen molar-refractivity contribution in [1.29, 1.82) is 0 Å². The molecule has 0 bridgehead atoms. The van der Waals surface area contributed by atoms with Crippen LogP contribution < -0.4 is 10.1 Å². The monoisotopic (exact) mass is 232 g/mol. The standard InChI is InChI=1S/C13H16N2O2/c1-3-10-6-7-11(17-10)9-15-12-5-4-8-14-13(12)16-2/h4-8,15H,3,9H2,1-2H3. The molecule has 0 amide bonds. The molecule has 0 spiro atoms. The van der Waals surface area contributed by atoms with E-state index in [0.29, 0.717) is 12.4 Å². The Kier molecular flexibility index (Phi) is 3.65. The number of nitrogens with zero attached hydrogens (tertiary/aromatic N) is 1. The molecular formula is C13H16N2O2. The summed E-state index contributed by atoms with van der Waals surface area (Å²) in [6.07, 6.45) is 2.61. The molecular weight excluding hydrogens is 216 g/mol. The quantitative estimate of drug-likeness (QED) is 0.861. The first-order valence-corrected chi connectivity index (χ1v) is 5.64. The van der Waals surface area contributed by atoms with Crippen LogP contribution in [-0.2, 0) is 13.0 Å². The second-order valence-electron chi connectivity index (χ2n) is 3.64. The molecule has 0 aromatic carbocycles. The van der Waals surface area contributed by atoms with Gasteiger partial charge in [-0.15, -0.1) is 0 Å². The highest BCUT2D eigenvalue weighted by Gasteiger charge is 2.04. The molecule has 0 saturated carbocycles. The summed E-state index contributed by atoms with van der Waals surface area (Å²) < 4.78 is 10.8. The number of hydrogen-bond acceptors (Lipinski definition) is 4. The number of furan rings is 1. The van der Waals surface area contributed by atoms with Crippen LogP contribution in [0.1, 0.15) is 18.4 Å². The molecule has 2 aromatic rings. The van der Waals surface area contributed by atoms with Crippen LogP contribution >= 0.6 is 0 Å². The van der Waals surface area contributed by atoms with Crippen molar-refractivity contribution >= 4 is 5.69 Å². The molecule has 0 saturated heterocycles. The summed E-state index contributed by atoms with van der Waals surface area (Å²) in [6, 6.07) is 7.77. The molecule has 0 fully saturated rings. The molecule has 1 N–H and O–H groups in total. The van der Waals surface area contributed by atoms with E-state index < -0.39 is 0 Å². The van der Waals surface area contributed by atoms with Crippen LogP contribution in [0.4, 0.5) is 5.69 Å². The minimum absolute atomic E-state index is 0.592. The number of methoxy groups -OCH3 is 1. The minimum Gasteiger partial charge on any atom is -0.480 e. The molecule has 0 aliphatic rings. The van der Waals surface area contributed by atoms with Gasteiger partial charge in [-0.2, -0.15) is 0 Å². The van der Waals surface area contributed by atoms with E-state index >= 15 is 0 Å². The van der Waals surface area contributed by atoms with Gasteiger partial charge < -0.3 is 14.5 Å². The number of aromatic nitrogens is 1. The largest absolute Gasteiger partial charge is 0.480 e. The Hall–Kier alpha value is -1.97. The molecule has 90 valence electrons. The van der Waals surface area contributed by atoms with Gasteiger partial charge in [0, 0.05) is 12.6 Å². The zero-order valence-corrected chi connectivity index (χ0v) is 10.1. The molecule has 17 heavy (non-hydrogen) atoms. The number of rotatable bonds is 5. The second-order valence-corrected chi connectivity index (χ2v) is 3.64. The summed E-state index contributed by atoms with van der Waals surface area (Å²) in [4.78, 5) is 4.12. The second kappa shape index (κ2) is 5.39. The van der Waals surface area contributed by atoms with Crippen molar-refractivity contribution in [3.05, 3.63) is 42.0 Å². The highest BCUT2D eigenvalue weighted by Crippen LogP contribution is 2.21. The number of nitrogens with one attached hydrogen (secondary N) is 1. The van der Waals surface area contributed by atoms with Crippen molar-refractivity contribution in [1.82, 2.24) is 4.98 Å². The van der Waals surface area contributed by atoms with Crippen molar-refractivity contribution < 1.29 is 9.15 Å². The van der Waals surface area contributed by atoms with Gasteiger partial charge in [-0.25, -0.2) is 4.98 Å².